The number of aliphatic hydroxyl groups is 1. The fourth-order valence-corrected chi connectivity index (χ4v) is 2.38. The lowest BCUT2D eigenvalue weighted by molar-refractivity contribution is 0.118. The minimum Gasteiger partial charge on any atom is -0.395 e. The first-order valence-corrected chi connectivity index (χ1v) is 6.47. The first kappa shape index (κ1) is 13.9. The van der Waals surface area contributed by atoms with Crippen molar-refractivity contribution in [1.29, 1.82) is 0 Å². The standard InChI is InChI=1S/C13H28N2O/c1-11-7-12(14-10-13(2,3)4)9-15(8-11)5-6-16/h11-12,14,16H,5-10H2,1-4H3. The smallest absolute Gasteiger partial charge is 0.0558 e. The molecule has 1 heterocycles. The van der Waals surface area contributed by atoms with Crippen LogP contribution >= 0.6 is 0 Å². The van der Waals surface area contributed by atoms with E-state index in [-0.39, 0.29) is 6.61 Å². The fraction of sp³-hybridized carbons (Fsp3) is 1.00. The van der Waals surface area contributed by atoms with Crippen molar-refractivity contribution >= 4 is 0 Å². The van der Waals surface area contributed by atoms with E-state index >= 15 is 0 Å². The van der Waals surface area contributed by atoms with Crippen LogP contribution in [0.2, 0.25) is 0 Å². The average molecular weight is 228 g/mol. The summed E-state index contributed by atoms with van der Waals surface area (Å²) in [4.78, 5) is 2.37. The molecule has 0 bridgehead atoms. The Balaban J connectivity index is 2.35. The molecule has 1 fully saturated rings. The van der Waals surface area contributed by atoms with E-state index in [1.54, 1.807) is 0 Å². The monoisotopic (exact) mass is 228 g/mol. The van der Waals surface area contributed by atoms with Crippen LogP contribution in [0.25, 0.3) is 0 Å². The Hall–Kier alpha value is -0.120. The van der Waals surface area contributed by atoms with Crippen molar-refractivity contribution in [1.82, 2.24) is 10.2 Å². The molecule has 0 saturated carbocycles. The molecule has 1 saturated heterocycles. The van der Waals surface area contributed by atoms with Gasteiger partial charge in [0.1, 0.15) is 0 Å². The molecular weight excluding hydrogens is 200 g/mol. The third-order valence-corrected chi connectivity index (χ3v) is 3.07. The Bertz CT molecular complexity index is 201. The highest BCUT2D eigenvalue weighted by Gasteiger charge is 2.24. The normalized spacial score (nSPS) is 28.3. The third-order valence-electron chi connectivity index (χ3n) is 3.07. The number of rotatable bonds is 4. The maximum atomic E-state index is 8.99. The van der Waals surface area contributed by atoms with E-state index < -0.39 is 0 Å². The summed E-state index contributed by atoms with van der Waals surface area (Å²) in [7, 11) is 0. The number of nitrogens with zero attached hydrogens (tertiary/aromatic N) is 1. The van der Waals surface area contributed by atoms with Gasteiger partial charge in [-0.15, -0.1) is 0 Å². The average Bonchev–Trinajstić information content (AvgIpc) is 2.13. The van der Waals surface area contributed by atoms with E-state index in [0.29, 0.717) is 11.5 Å². The zero-order valence-corrected chi connectivity index (χ0v) is 11.3. The molecule has 1 aliphatic rings. The van der Waals surface area contributed by atoms with Crippen molar-refractivity contribution in [3.8, 4) is 0 Å². The van der Waals surface area contributed by atoms with Gasteiger partial charge in [0.15, 0.2) is 0 Å². The van der Waals surface area contributed by atoms with E-state index in [1.807, 2.05) is 0 Å². The van der Waals surface area contributed by atoms with E-state index in [1.165, 1.54) is 6.42 Å². The maximum Gasteiger partial charge on any atom is 0.0558 e. The molecule has 96 valence electrons. The number of aliphatic hydroxyl groups excluding tert-OH is 1. The summed E-state index contributed by atoms with van der Waals surface area (Å²) in [6.45, 7) is 13.5. The second kappa shape index (κ2) is 5.99. The van der Waals surface area contributed by atoms with Crippen molar-refractivity contribution in [3.05, 3.63) is 0 Å². The van der Waals surface area contributed by atoms with Crippen LogP contribution in [0.1, 0.15) is 34.1 Å². The topological polar surface area (TPSA) is 35.5 Å². The molecule has 0 aliphatic carbocycles. The van der Waals surface area contributed by atoms with Crippen LogP contribution in [-0.4, -0.2) is 48.8 Å². The summed E-state index contributed by atoms with van der Waals surface area (Å²) in [6.07, 6.45) is 1.26. The number of hydrogen-bond acceptors (Lipinski definition) is 3. The Morgan fingerprint density at radius 3 is 2.56 bits per heavy atom. The molecule has 2 atom stereocenters. The number of β-amino-alcohol motifs (C(OH)–C–C–N with tert-alkyl or cyclic N) is 1. The van der Waals surface area contributed by atoms with Gasteiger partial charge in [-0.3, -0.25) is 4.90 Å². The Labute approximate surface area is 100 Å². The molecule has 0 aromatic rings. The molecule has 1 rings (SSSR count). The number of piperidine rings is 1. The molecule has 0 radical (unpaired) electrons. The van der Waals surface area contributed by atoms with Gasteiger partial charge in [-0.2, -0.15) is 0 Å². The lowest BCUT2D eigenvalue weighted by atomic mass is 9.93. The molecule has 2 N–H and O–H groups in total. The predicted molar refractivity (Wildman–Crippen MR) is 68.6 cm³/mol. The molecule has 0 spiro atoms. The number of nitrogens with one attached hydrogen (secondary N) is 1. The van der Waals surface area contributed by atoms with Gasteiger partial charge in [-0.1, -0.05) is 27.7 Å². The van der Waals surface area contributed by atoms with Gasteiger partial charge in [0.2, 0.25) is 0 Å². The van der Waals surface area contributed by atoms with Crippen LogP contribution < -0.4 is 5.32 Å². The highest BCUT2D eigenvalue weighted by atomic mass is 16.3. The van der Waals surface area contributed by atoms with E-state index in [0.717, 1.165) is 32.1 Å². The van der Waals surface area contributed by atoms with Gasteiger partial charge < -0.3 is 10.4 Å². The molecule has 3 nitrogen and oxygen atoms in total. The number of hydrogen-bond donors (Lipinski definition) is 2. The summed E-state index contributed by atoms with van der Waals surface area (Å²) in [6, 6.07) is 0.592. The van der Waals surface area contributed by atoms with Crippen molar-refractivity contribution in [2.75, 3.05) is 32.8 Å². The molecule has 0 aromatic heterocycles. The van der Waals surface area contributed by atoms with Gasteiger partial charge >= 0.3 is 0 Å². The Morgan fingerprint density at radius 2 is 2.00 bits per heavy atom. The van der Waals surface area contributed by atoms with Crippen LogP contribution in [-0.2, 0) is 0 Å². The summed E-state index contributed by atoms with van der Waals surface area (Å²) in [5.41, 5.74) is 0.350. The van der Waals surface area contributed by atoms with Crippen molar-refractivity contribution < 1.29 is 5.11 Å². The highest BCUT2D eigenvalue weighted by molar-refractivity contribution is 4.83. The summed E-state index contributed by atoms with van der Waals surface area (Å²) < 4.78 is 0. The lowest BCUT2D eigenvalue weighted by Crippen LogP contribution is -2.50. The van der Waals surface area contributed by atoms with Crippen molar-refractivity contribution in [2.24, 2.45) is 11.3 Å². The van der Waals surface area contributed by atoms with Crippen molar-refractivity contribution in [2.45, 2.75) is 40.2 Å². The van der Waals surface area contributed by atoms with E-state index in [2.05, 4.69) is 37.9 Å². The molecule has 0 aromatic carbocycles. The van der Waals surface area contributed by atoms with Gasteiger partial charge in [0.25, 0.3) is 0 Å². The highest BCUT2D eigenvalue weighted by Crippen LogP contribution is 2.18. The largest absolute Gasteiger partial charge is 0.395 e. The summed E-state index contributed by atoms with van der Waals surface area (Å²) in [5.74, 6) is 0.734. The Kier molecular flexibility index (Phi) is 5.22. The van der Waals surface area contributed by atoms with E-state index in [9.17, 15) is 0 Å². The van der Waals surface area contributed by atoms with Gasteiger partial charge in [-0.05, 0) is 17.8 Å². The number of likely N-dealkylation sites (tertiary alicyclic amines) is 1. The molecule has 16 heavy (non-hydrogen) atoms. The quantitative estimate of drug-likeness (QED) is 0.762. The van der Waals surface area contributed by atoms with Crippen molar-refractivity contribution in [3.63, 3.8) is 0 Å². The van der Waals surface area contributed by atoms with E-state index in [4.69, 9.17) is 5.11 Å². The first-order chi connectivity index (χ1) is 7.40. The van der Waals surface area contributed by atoms with Crippen LogP contribution in [0, 0.1) is 11.3 Å². The minimum absolute atomic E-state index is 0.276. The van der Waals surface area contributed by atoms with Crippen LogP contribution in [0.5, 0.6) is 0 Å². The molecular formula is C13H28N2O. The fourth-order valence-electron chi connectivity index (χ4n) is 2.38. The molecule has 2 unspecified atom stereocenters. The lowest BCUT2D eigenvalue weighted by Gasteiger charge is -2.37. The third kappa shape index (κ3) is 5.28. The predicted octanol–water partition coefficient (Wildman–Crippen LogP) is 1.32. The maximum absolute atomic E-state index is 8.99. The summed E-state index contributed by atoms with van der Waals surface area (Å²) in [5, 5.41) is 12.6. The summed E-state index contributed by atoms with van der Waals surface area (Å²) >= 11 is 0. The molecule has 3 heteroatoms. The zero-order chi connectivity index (χ0) is 12.2. The molecule has 0 amide bonds. The SMILES string of the molecule is CC1CC(NCC(C)(C)C)CN(CCO)C1. The van der Waals surface area contributed by atoms with Gasteiger partial charge in [0.05, 0.1) is 6.61 Å². The minimum atomic E-state index is 0.276. The second-order valence-electron chi connectivity index (χ2n) is 6.46. The Morgan fingerprint density at radius 1 is 1.31 bits per heavy atom. The molecule has 1 aliphatic heterocycles. The first-order valence-electron chi connectivity index (χ1n) is 6.47. The van der Waals surface area contributed by atoms with Crippen LogP contribution in [0.3, 0.4) is 0 Å². The van der Waals surface area contributed by atoms with Crippen LogP contribution in [0.4, 0.5) is 0 Å². The zero-order valence-electron chi connectivity index (χ0n) is 11.3. The van der Waals surface area contributed by atoms with Gasteiger partial charge in [0, 0.05) is 32.2 Å². The van der Waals surface area contributed by atoms with Crippen LogP contribution in [0.15, 0.2) is 0 Å². The van der Waals surface area contributed by atoms with Gasteiger partial charge in [-0.25, -0.2) is 0 Å². The second-order valence-corrected chi connectivity index (χ2v) is 6.46.